The molecular weight excluding hydrogens is 262 g/mol. The van der Waals surface area contributed by atoms with Gasteiger partial charge in [-0.25, -0.2) is 13.1 Å². The van der Waals surface area contributed by atoms with E-state index in [-0.39, 0.29) is 22.8 Å². The highest BCUT2D eigenvalue weighted by Crippen LogP contribution is 2.28. The van der Waals surface area contributed by atoms with Gasteiger partial charge in [0.15, 0.2) is 0 Å². The molecule has 3 N–H and O–H groups in total. The third kappa shape index (κ3) is 3.38. The number of hydrogen-bond donors (Lipinski definition) is 2. The van der Waals surface area contributed by atoms with Crippen LogP contribution in [0, 0.1) is 0 Å². The van der Waals surface area contributed by atoms with Gasteiger partial charge in [-0.2, -0.15) is 0 Å². The van der Waals surface area contributed by atoms with Gasteiger partial charge in [0, 0.05) is 24.5 Å². The molecule has 0 radical (unpaired) electrons. The fourth-order valence-electron chi connectivity index (χ4n) is 1.64. The van der Waals surface area contributed by atoms with Crippen molar-refractivity contribution in [1.82, 2.24) is 9.71 Å². The summed E-state index contributed by atoms with van der Waals surface area (Å²) in [5.74, 6) is 0. The van der Waals surface area contributed by atoms with E-state index in [1.54, 1.807) is 6.07 Å². The van der Waals surface area contributed by atoms with E-state index in [4.69, 9.17) is 5.73 Å². The first-order valence-electron chi connectivity index (χ1n) is 5.20. The number of sulfonamides is 1. The van der Waals surface area contributed by atoms with Crippen LogP contribution in [0.25, 0.3) is 0 Å². The summed E-state index contributed by atoms with van der Waals surface area (Å²) in [4.78, 5) is 3.96. The summed E-state index contributed by atoms with van der Waals surface area (Å²) in [5.41, 5.74) is 5.59. The molecule has 1 aliphatic carbocycles. The van der Waals surface area contributed by atoms with Crippen LogP contribution in [0.5, 0.6) is 0 Å². The number of nitrogens with zero attached hydrogens (tertiary/aromatic N) is 1. The lowest BCUT2D eigenvalue weighted by atomic mass is 9.78. The lowest BCUT2D eigenvalue weighted by Gasteiger charge is -2.37. The Kier molecular flexibility index (Phi) is 4.48. The minimum atomic E-state index is -3.46. The SMILES string of the molecule is Cl.NC1(CNS(=O)(=O)c2cccnc2)CCC1. The van der Waals surface area contributed by atoms with Crippen molar-refractivity contribution in [1.29, 1.82) is 0 Å². The number of pyridine rings is 1. The van der Waals surface area contributed by atoms with E-state index in [1.165, 1.54) is 18.5 Å². The second kappa shape index (κ2) is 5.30. The molecule has 1 aromatic rings. The zero-order chi connectivity index (χ0) is 11.6. The van der Waals surface area contributed by atoms with E-state index < -0.39 is 10.0 Å². The largest absolute Gasteiger partial charge is 0.324 e. The number of hydrogen-bond acceptors (Lipinski definition) is 4. The fraction of sp³-hybridized carbons (Fsp3) is 0.500. The maximum Gasteiger partial charge on any atom is 0.242 e. The van der Waals surface area contributed by atoms with Crippen molar-refractivity contribution >= 4 is 22.4 Å². The molecule has 0 saturated heterocycles. The Hall–Kier alpha value is -0.690. The summed E-state index contributed by atoms with van der Waals surface area (Å²) in [7, 11) is -3.46. The number of halogens is 1. The molecule has 96 valence electrons. The minimum Gasteiger partial charge on any atom is -0.324 e. The quantitative estimate of drug-likeness (QED) is 0.847. The molecule has 1 fully saturated rings. The number of rotatable bonds is 4. The maximum absolute atomic E-state index is 11.8. The van der Waals surface area contributed by atoms with Crippen molar-refractivity contribution in [2.45, 2.75) is 29.7 Å². The first-order valence-corrected chi connectivity index (χ1v) is 6.69. The topological polar surface area (TPSA) is 85.1 Å². The third-order valence-electron chi connectivity index (χ3n) is 2.91. The van der Waals surface area contributed by atoms with Crippen LogP contribution in [0.2, 0.25) is 0 Å². The van der Waals surface area contributed by atoms with Crippen LogP contribution in [-0.4, -0.2) is 25.5 Å². The first-order chi connectivity index (χ1) is 7.52. The molecule has 0 aliphatic heterocycles. The van der Waals surface area contributed by atoms with E-state index in [0.29, 0.717) is 6.54 Å². The molecule has 1 aliphatic rings. The van der Waals surface area contributed by atoms with Gasteiger partial charge < -0.3 is 5.73 Å². The van der Waals surface area contributed by atoms with Crippen molar-refractivity contribution < 1.29 is 8.42 Å². The van der Waals surface area contributed by atoms with Crippen LogP contribution < -0.4 is 10.5 Å². The molecule has 0 atom stereocenters. The van der Waals surface area contributed by atoms with Gasteiger partial charge in [-0.3, -0.25) is 4.98 Å². The third-order valence-corrected chi connectivity index (χ3v) is 4.29. The molecular formula is C10H16ClN3O2S. The highest BCUT2D eigenvalue weighted by molar-refractivity contribution is 7.89. The van der Waals surface area contributed by atoms with Crippen LogP contribution in [0.15, 0.2) is 29.4 Å². The summed E-state index contributed by atoms with van der Waals surface area (Å²) in [6.45, 7) is 0.296. The van der Waals surface area contributed by atoms with Crippen molar-refractivity contribution in [2.75, 3.05) is 6.54 Å². The van der Waals surface area contributed by atoms with Crippen molar-refractivity contribution in [3.8, 4) is 0 Å². The molecule has 0 spiro atoms. The summed E-state index contributed by atoms with van der Waals surface area (Å²) >= 11 is 0. The molecule has 5 nitrogen and oxygen atoms in total. The molecule has 1 heterocycles. The summed E-state index contributed by atoms with van der Waals surface area (Å²) in [5, 5.41) is 0. The van der Waals surface area contributed by atoms with Gasteiger partial charge in [-0.1, -0.05) is 0 Å². The molecule has 0 aromatic carbocycles. The van der Waals surface area contributed by atoms with Crippen LogP contribution >= 0.6 is 12.4 Å². The average Bonchev–Trinajstić information content (AvgIpc) is 2.25. The van der Waals surface area contributed by atoms with Gasteiger partial charge in [-0.05, 0) is 31.4 Å². The smallest absolute Gasteiger partial charge is 0.242 e. The van der Waals surface area contributed by atoms with Crippen molar-refractivity contribution in [3.63, 3.8) is 0 Å². The predicted molar refractivity (Wildman–Crippen MR) is 67.4 cm³/mol. The molecule has 17 heavy (non-hydrogen) atoms. The van der Waals surface area contributed by atoms with Gasteiger partial charge in [0.1, 0.15) is 4.90 Å². The molecule has 0 bridgehead atoms. The monoisotopic (exact) mass is 277 g/mol. The van der Waals surface area contributed by atoms with Crippen molar-refractivity contribution in [2.24, 2.45) is 5.73 Å². The Morgan fingerprint density at radius 1 is 1.47 bits per heavy atom. The van der Waals surface area contributed by atoms with Gasteiger partial charge in [0.05, 0.1) is 0 Å². The zero-order valence-electron chi connectivity index (χ0n) is 9.30. The van der Waals surface area contributed by atoms with E-state index in [2.05, 4.69) is 9.71 Å². The van der Waals surface area contributed by atoms with Gasteiger partial charge in [0.25, 0.3) is 0 Å². The van der Waals surface area contributed by atoms with E-state index in [1.807, 2.05) is 0 Å². The molecule has 1 saturated carbocycles. The molecule has 0 amide bonds. The zero-order valence-corrected chi connectivity index (χ0v) is 10.9. The molecule has 0 unspecified atom stereocenters. The average molecular weight is 278 g/mol. The highest BCUT2D eigenvalue weighted by Gasteiger charge is 2.33. The second-order valence-corrected chi connectivity index (χ2v) is 6.00. The number of nitrogens with two attached hydrogens (primary N) is 1. The normalized spacial score (nSPS) is 17.9. The Balaban J connectivity index is 0.00000144. The summed E-state index contributed by atoms with van der Waals surface area (Å²) in [6.07, 6.45) is 5.69. The lowest BCUT2D eigenvalue weighted by Crippen LogP contribution is -2.54. The lowest BCUT2D eigenvalue weighted by molar-refractivity contribution is 0.251. The second-order valence-electron chi connectivity index (χ2n) is 4.23. The van der Waals surface area contributed by atoms with Crippen LogP contribution in [0.4, 0.5) is 0 Å². The van der Waals surface area contributed by atoms with Crippen molar-refractivity contribution in [3.05, 3.63) is 24.5 Å². The molecule has 1 aromatic heterocycles. The van der Waals surface area contributed by atoms with E-state index in [9.17, 15) is 8.42 Å². The van der Waals surface area contributed by atoms with E-state index in [0.717, 1.165) is 19.3 Å². The standard InChI is InChI=1S/C10H15N3O2S.ClH/c11-10(4-2-5-10)8-13-16(14,15)9-3-1-6-12-7-9;/h1,3,6-7,13H,2,4-5,8,11H2;1H. The van der Waals surface area contributed by atoms with Crippen LogP contribution in [-0.2, 0) is 10.0 Å². The summed E-state index contributed by atoms with van der Waals surface area (Å²) < 4.78 is 26.1. The number of nitrogens with one attached hydrogen (secondary N) is 1. The Bertz CT molecular complexity index is 460. The van der Waals surface area contributed by atoms with Crippen LogP contribution in [0.3, 0.4) is 0 Å². The minimum absolute atomic E-state index is 0. The molecule has 2 rings (SSSR count). The molecule has 7 heteroatoms. The maximum atomic E-state index is 11.8. The number of aromatic nitrogens is 1. The van der Waals surface area contributed by atoms with Gasteiger partial charge >= 0.3 is 0 Å². The van der Waals surface area contributed by atoms with Gasteiger partial charge in [-0.15, -0.1) is 12.4 Å². The highest BCUT2D eigenvalue weighted by atomic mass is 35.5. The van der Waals surface area contributed by atoms with E-state index >= 15 is 0 Å². The Labute approximate surface area is 107 Å². The van der Waals surface area contributed by atoms with Gasteiger partial charge in [0.2, 0.25) is 10.0 Å². The Morgan fingerprint density at radius 2 is 2.18 bits per heavy atom. The van der Waals surface area contributed by atoms with Crippen LogP contribution in [0.1, 0.15) is 19.3 Å². The fourth-order valence-corrected chi connectivity index (χ4v) is 2.74. The predicted octanol–water partition coefficient (Wildman–Crippen LogP) is 0.663. The Morgan fingerprint density at radius 3 is 2.65 bits per heavy atom. The summed E-state index contributed by atoms with van der Waals surface area (Å²) in [6, 6.07) is 3.11. The first kappa shape index (κ1) is 14.4.